The second-order valence-corrected chi connectivity index (χ2v) is 5.96. The van der Waals surface area contributed by atoms with E-state index in [2.05, 4.69) is 23.5 Å². The van der Waals surface area contributed by atoms with Crippen molar-refractivity contribution >= 4 is 29.3 Å². The Bertz CT molecular complexity index is 411. The molecule has 98 valence electrons. The van der Waals surface area contributed by atoms with Gasteiger partial charge in [0, 0.05) is 22.9 Å². The van der Waals surface area contributed by atoms with Gasteiger partial charge < -0.3 is 5.32 Å². The Kier molecular flexibility index (Phi) is 5.39. The van der Waals surface area contributed by atoms with E-state index in [-0.39, 0.29) is 11.9 Å². The molecule has 1 amide bonds. The number of fused-ring (bicyclic) bond motifs is 1. The number of benzene rings is 1. The molecule has 0 fully saturated rings. The average molecular weight is 284 g/mol. The summed E-state index contributed by atoms with van der Waals surface area (Å²) in [5, 5.41) is 3.14. The lowest BCUT2D eigenvalue weighted by atomic mass is 10.0. The molecule has 1 N–H and O–H groups in total. The highest BCUT2D eigenvalue weighted by molar-refractivity contribution is 7.99. The first-order chi connectivity index (χ1) is 8.81. The van der Waals surface area contributed by atoms with E-state index in [1.807, 2.05) is 17.8 Å². The fourth-order valence-electron chi connectivity index (χ4n) is 2.14. The fraction of sp³-hybridized carbons (Fsp3) is 0.500. The molecule has 0 aromatic heterocycles. The lowest BCUT2D eigenvalue weighted by Gasteiger charge is -2.25. The normalized spacial score (nSPS) is 18.2. The molecule has 0 bridgehead atoms. The summed E-state index contributed by atoms with van der Waals surface area (Å²) >= 11 is 7.48. The molecule has 0 radical (unpaired) electrons. The van der Waals surface area contributed by atoms with Gasteiger partial charge in [-0.2, -0.15) is 0 Å². The number of carbonyl (C=O) groups is 1. The first-order valence-corrected chi connectivity index (χ1v) is 7.90. The van der Waals surface area contributed by atoms with Crippen LogP contribution in [0.2, 0.25) is 0 Å². The minimum absolute atomic E-state index is 0.145. The summed E-state index contributed by atoms with van der Waals surface area (Å²) in [6.07, 6.45) is 3.38. The Morgan fingerprint density at radius 2 is 2.22 bits per heavy atom. The van der Waals surface area contributed by atoms with Crippen LogP contribution in [0.1, 0.15) is 37.3 Å². The number of hydrogen-bond donors (Lipinski definition) is 1. The number of alkyl halides is 1. The number of thioether (sulfide) groups is 1. The zero-order valence-electron chi connectivity index (χ0n) is 10.3. The summed E-state index contributed by atoms with van der Waals surface area (Å²) in [4.78, 5) is 13.1. The van der Waals surface area contributed by atoms with Gasteiger partial charge in [0.1, 0.15) is 0 Å². The van der Waals surface area contributed by atoms with Crippen molar-refractivity contribution in [1.82, 2.24) is 5.32 Å². The van der Waals surface area contributed by atoms with Crippen molar-refractivity contribution < 1.29 is 4.79 Å². The molecule has 2 rings (SSSR count). The van der Waals surface area contributed by atoms with Crippen LogP contribution in [0, 0.1) is 0 Å². The van der Waals surface area contributed by atoms with Crippen LogP contribution in [0.25, 0.3) is 0 Å². The number of hydrogen-bond acceptors (Lipinski definition) is 2. The van der Waals surface area contributed by atoms with Crippen molar-refractivity contribution in [2.24, 2.45) is 0 Å². The Labute approximate surface area is 117 Å². The Morgan fingerprint density at radius 1 is 1.39 bits per heavy atom. The molecule has 0 saturated heterocycles. The van der Waals surface area contributed by atoms with E-state index < -0.39 is 0 Å². The standard InChI is InChI=1S/C14H18ClNOS/c15-9-4-3-7-14(17)16-12-8-10-18-13-6-2-1-5-11(12)13/h1-2,5-6,12H,3-4,7-10H2,(H,16,17). The smallest absolute Gasteiger partial charge is 0.220 e. The molecule has 1 aliphatic rings. The molecule has 1 heterocycles. The van der Waals surface area contributed by atoms with Crippen LogP contribution in [0.4, 0.5) is 0 Å². The summed E-state index contributed by atoms with van der Waals surface area (Å²) in [6, 6.07) is 8.52. The highest BCUT2D eigenvalue weighted by Crippen LogP contribution is 2.35. The minimum atomic E-state index is 0.145. The molecule has 1 aliphatic heterocycles. The second-order valence-electron chi connectivity index (χ2n) is 4.44. The summed E-state index contributed by atoms with van der Waals surface area (Å²) in [5.74, 6) is 1.85. The third kappa shape index (κ3) is 3.66. The molecule has 4 heteroatoms. The molecule has 1 aromatic rings. The molecular formula is C14H18ClNOS. The minimum Gasteiger partial charge on any atom is -0.349 e. The van der Waals surface area contributed by atoms with Crippen molar-refractivity contribution in [3.05, 3.63) is 29.8 Å². The number of halogens is 1. The number of unbranched alkanes of at least 4 members (excludes halogenated alkanes) is 1. The largest absolute Gasteiger partial charge is 0.349 e. The highest BCUT2D eigenvalue weighted by atomic mass is 35.5. The maximum Gasteiger partial charge on any atom is 0.220 e. The number of rotatable bonds is 5. The van der Waals surface area contributed by atoms with Crippen LogP contribution in [-0.4, -0.2) is 17.5 Å². The van der Waals surface area contributed by atoms with Crippen LogP contribution in [0.15, 0.2) is 29.2 Å². The van der Waals surface area contributed by atoms with Crippen molar-refractivity contribution in [1.29, 1.82) is 0 Å². The lowest BCUT2D eigenvalue weighted by molar-refractivity contribution is -0.122. The van der Waals surface area contributed by atoms with Crippen LogP contribution < -0.4 is 5.32 Å². The predicted molar refractivity (Wildman–Crippen MR) is 77.2 cm³/mol. The fourth-order valence-corrected chi connectivity index (χ4v) is 3.45. The molecule has 0 spiro atoms. The Hall–Kier alpha value is -0.670. The van der Waals surface area contributed by atoms with E-state index in [1.54, 1.807) is 0 Å². The van der Waals surface area contributed by atoms with Crippen LogP contribution in [0.3, 0.4) is 0 Å². The molecule has 0 aliphatic carbocycles. The Balaban J connectivity index is 1.92. The molecule has 1 aromatic carbocycles. The van der Waals surface area contributed by atoms with Crippen molar-refractivity contribution in [3.63, 3.8) is 0 Å². The van der Waals surface area contributed by atoms with Crippen molar-refractivity contribution in [3.8, 4) is 0 Å². The van der Waals surface area contributed by atoms with E-state index in [1.165, 1.54) is 10.5 Å². The molecule has 2 nitrogen and oxygen atoms in total. The molecule has 1 atom stereocenters. The summed E-state index contributed by atoms with van der Waals surface area (Å²) in [5.41, 5.74) is 1.26. The van der Waals surface area contributed by atoms with Crippen LogP contribution >= 0.6 is 23.4 Å². The van der Waals surface area contributed by atoms with Gasteiger partial charge in [-0.25, -0.2) is 0 Å². The average Bonchev–Trinajstić information content (AvgIpc) is 2.39. The number of amides is 1. The van der Waals surface area contributed by atoms with Gasteiger partial charge in [-0.15, -0.1) is 23.4 Å². The summed E-state index contributed by atoms with van der Waals surface area (Å²) < 4.78 is 0. The summed E-state index contributed by atoms with van der Waals surface area (Å²) in [7, 11) is 0. The van der Waals surface area contributed by atoms with Crippen LogP contribution in [-0.2, 0) is 4.79 Å². The van der Waals surface area contributed by atoms with E-state index in [0.717, 1.165) is 25.0 Å². The zero-order chi connectivity index (χ0) is 12.8. The topological polar surface area (TPSA) is 29.1 Å². The second kappa shape index (κ2) is 7.05. The monoisotopic (exact) mass is 283 g/mol. The highest BCUT2D eigenvalue weighted by Gasteiger charge is 2.21. The Morgan fingerprint density at radius 3 is 3.06 bits per heavy atom. The molecular weight excluding hydrogens is 266 g/mol. The first kappa shape index (κ1) is 13.8. The summed E-state index contributed by atoms with van der Waals surface area (Å²) in [6.45, 7) is 0. The van der Waals surface area contributed by atoms with Gasteiger partial charge in [0.05, 0.1) is 6.04 Å². The van der Waals surface area contributed by atoms with Gasteiger partial charge in [-0.1, -0.05) is 18.2 Å². The lowest BCUT2D eigenvalue weighted by Crippen LogP contribution is -2.30. The van der Waals surface area contributed by atoms with E-state index >= 15 is 0 Å². The molecule has 18 heavy (non-hydrogen) atoms. The van der Waals surface area contributed by atoms with Crippen molar-refractivity contribution in [2.45, 2.75) is 36.6 Å². The SMILES string of the molecule is O=C(CCCCCl)NC1CCSc2ccccc21. The third-order valence-electron chi connectivity index (χ3n) is 3.08. The quantitative estimate of drug-likeness (QED) is 0.659. The van der Waals surface area contributed by atoms with Gasteiger partial charge in [-0.05, 0) is 30.9 Å². The van der Waals surface area contributed by atoms with Crippen LogP contribution in [0.5, 0.6) is 0 Å². The molecule has 0 saturated carbocycles. The van der Waals surface area contributed by atoms with Gasteiger partial charge in [0.2, 0.25) is 5.91 Å². The first-order valence-electron chi connectivity index (χ1n) is 6.38. The van der Waals surface area contributed by atoms with E-state index in [9.17, 15) is 4.79 Å². The maximum atomic E-state index is 11.8. The third-order valence-corrected chi connectivity index (χ3v) is 4.47. The van der Waals surface area contributed by atoms with Gasteiger partial charge in [-0.3, -0.25) is 4.79 Å². The maximum absolute atomic E-state index is 11.8. The van der Waals surface area contributed by atoms with Gasteiger partial charge in [0.15, 0.2) is 0 Å². The van der Waals surface area contributed by atoms with E-state index in [0.29, 0.717) is 12.3 Å². The number of nitrogens with one attached hydrogen (secondary N) is 1. The van der Waals surface area contributed by atoms with Crippen molar-refractivity contribution in [2.75, 3.05) is 11.6 Å². The zero-order valence-corrected chi connectivity index (χ0v) is 11.9. The van der Waals surface area contributed by atoms with Gasteiger partial charge >= 0.3 is 0 Å². The van der Waals surface area contributed by atoms with E-state index in [4.69, 9.17) is 11.6 Å². The predicted octanol–water partition coefficient (Wildman–Crippen LogP) is 3.75. The number of carbonyl (C=O) groups excluding carboxylic acids is 1. The molecule has 1 unspecified atom stereocenters. The van der Waals surface area contributed by atoms with Gasteiger partial charge in [0.25, 0.3) is 0 Å².